The van der Waals surface area contributed by atoms with Crippen LogP contribution in [0.2, 0.25) is 0 Å². The Kier molecular flexibility index (Phi) is 8.51. The highest BCUT2D eigenvalue weighted by Gasteiger charge is 2.41. The quantitative estimate of drug-likeness (QED) is 0.579. The fraction of sp³-hybridized carbons (Fsp3) is 0.478. The Hall–Kier alpha value is -2.78. The maximum Gasteiger partial charge on any atom is 0.336 e. The van der Waals surface area contributed by atoms with E-state index in [1.807, 2.05) is 38.0 Å². The van der Waals surface area contributed by atoms with Gasteiger partial charge in [0.05, 0.1) is 24.2 Å². The van der Waals surface area contributed by atoms with Crippen LogP contribution in [0.15, 0.2) is 40.7 Å². The summed E-state index contributed by atoms with van der Waals surface area (Å²) in [6.07, 6.45) is 0.792. The molecule has 0 aliphatic carbocycles. The molecular weight excluding hydrogens is 420 g/mol. The lowest BCUT2D eigenvalue weighted by Gasteiger charge is -2.38. The van der Waals surface area contributed by atoms with Crippen molar-refractivity contribution in [2.75, 3.05) is 55.4 Å². The molecule has 1 aliphatic heterocycles. The number of halogens is 2. The molecular formula is C23H31F2N3O4. The standard InChI is InChI=1S/C23H31F2N3O4/c1-26(2)9-7-17-20(22(29)30)19(14-11-15(24)13-16(25)12-14)21(23(31)32-6)18(28(17)5)8-10-27(3)4/h11-13,19H,7-10H2,1-6H3,(H,29,30). The van der Waals surface area contributed by atoms with Gasteiger partial charge < -0.3 is 24.5 Å². The summed E-state index contributed by atoms with van der Waals surface area (Å²) in [5.74, 6) is -4.86. The lowest BCUT2D eigenvalue weighted by molar-refractivity contribution is -0.136. The van der Waals surface area contributed by atoms with Crippen molar-refractivity contribution in [3.8, 4) is 0 Å². The van der Waals surface area contributed by atoms with Crippen LogP contribution < -0.4 is 0 Å². The molecule has 0 saturated carbocycles. The highest BCUT2D eigenvalue weighted by molar-refractivity contribution is 5.99. The van der Waals surface area contributed by atoms with Gasteiger partial charge in [0, 0.05) is 50.4 Å². The van der Waals surface area contributed by atoms with Crippen molar-refractivity contribution in [3.63, 3.8) is 0 Å². The van der Waals surface area contributed by atoms with Crippen LogP contribution in [-0.4, -0.2) is 87.2 Å². The van der Waals surface area contributed by atoms with E-state index in [9.17, 15) is 23.5 Å². The molecule has 1 aromatic carbocycles. The van der Waals surface area contributed by atoms with Crippen LogP contribution in [0, 0.1) is 11.6 Å². The minimum Gasteiger partial charge on any atom is -0.478 e. The Labute approximate surface area is 187 Å². The minimum atomic E-state index is -1.26. The predicted molar refractivity (Wildman–Crippen MR) is 117 cm³/mol. The van der Waals surface area contributed by atoms with Crippen LogP contribution in [0.5, 0.6) is 0 Å². The van der Waals surface area contributed by atoms with Gasteiger partial charge in [-0.3, -0.25) is 0 Å². The van der Waals surface area contributed by atoms with Crippen LogP contribution in [0.1, 0.15) is 24.3 Å². The molecule has 1 aromatic rings. The van der Waals surface area contributed by atoms with E-state index in [0.717, 1.165) is 12.1 Å². The number of hydrogen-bond acceptors (Lipinski definition) is 6. The molecule has 2 rings (SSSR count). The Morgan fingerprint density at radius 2 is 1.44 bits per heavy atom. The summed E-state index contributed by atoms with van der Waals surface area (Å²) >= 11 is 0. The number of nitrogens with zero attached hydrogens (tertiary/aromatic N) is 3. The number of carbonyl (C=O) groups is 2. The number of carboxylic acids is 1. The number of carbonyl (C=O) groups excluding carboxylic acids is 1. The normalized spacial score (nSPS) is 16.9. The fourth-order valence-electron chi connectivity index (χ4n) is 3.93. The second kappa shape index (κ2) is 10.7. The van der Waals surface area contributed by atoms with Gasteiger partial charge >= 0.3 is 11.9 Å². The van der Waals surface area contributed by atoms with Gasteiger partial charge in [-0.25, -0.2) is 18.4 Å². The van der Waals surface area contributed by atoms with E-state index >= 15 is 0 Å². The first kappa shape index (κ1) is 25.5. The maximum absolute atomic E-state index is 14.1. The van der Waals surface area contributed by atoms with Crippen LogP contribution in [0.3, 0.4) is 0 Å². The van der Waals surface area contributed by atoms with E-state index in [4.69, 9.17) is 4.74 Å². The highest BCUT2D eigenvalue weighted by Crippen LogP contribution is 2.44. The molecule has 0 bridgehead atoms. The van der Waals surface area contributed by atoms with Gasteiger partial charge in [-0.15, -0.1) is 0 Å². The SMILES string of the molecule is COC(=O)C1=C(CCN(C)C)N(C)C(CCN(C)C)=C(C(=O)O)C1c1cc(F)cc(F)c1. The Morgan fingerprint density at radius 3 is 1.84 bits per heavy atom. The third-order valence-electron chi connectivity index (χ3n) is 5.45. The summed E-state index contributed by atoms with van der Waals surface area (Å²) in [5, 5.41) is 10.2. The third kappa shape index (κ3) is 5.72. The van der Waals surface area contributed by atoms with Gasteiger partial charge in [0.15, 0.2) is 0 Å². The van der Waals surface area contributed by atoms with Crippen molar-refractivity contribution < 1.29 is 28.2 Å². The number of aliphatic carboxylic acids is 1. The van der Waals surface area contributed by atoms with Crippen molar-refractivity contribution in [1.29, 1.82) is 0 Å². The molecule has 0 aromatic heterocycles. The summed E-state index contributed by atoms with van der Waals surface area (Å²) in [6, 6.07) is 2.85. The third-order valence-corrected chi connectivity index (χ3v) is 5.45. The zero-order chi connectivity index (χ0) is 24.2. The zero-order valence-electron chi connectivity index (χ0n) is 19.4. The van der Waals surface area contributed by atoms with Crippen molar-refractivity contribution in [2.45, 2.75) is 18.8 Å². The molecule has 9 heteroatoms. The highest BCUT2D eigenvalue weighted by atomic mass is 19.1. The van der Waals surface area contributed by atoms with Crippen LogP contribution >= 0.6 is 0 Å². The topological polar surface area (TPSA) is 73.3 Å². The average molecular weight is 452 g/mol. The molecule has 1 heterocycles. The molecule has 176 valence electrons. The van der Waals surface area contributed by atoms with E-state index in [-0.39, 0.29) is 16.7 Å². The van der Waals surface area contributed by atoms with Crippen LogP contribution in [-0.2, 0) is 14.3 Å². The van der Waals surface area contributed by atoms with Crippen LogP contribution in [0.25, 0.3) is 0 Å². The molecule has 0 spiro atoms. The van der Waals surface area contributed by atoms with Crippen molar-refractivity contribution in [3.05, 3.63) is 57.9 Å². The van der Waals surface area contributed by atoms with Crippen molar-refractivity contribution in [1.82, 2.24) is 14.7 Å². The second-order valence-electron chi connectivity index (χ2n) is 8.32. The fourth-order valence-corrected chi connectivity index (χ4v) is 3.93. The van der Waals surface area contributed by atoms with Crippen LogP contribution in [0.4, 0.5) is 8.78 Å². The molecule has 0 amide bonds. The largest absolute Gasteiger partial charge is 0.478 e. The summed E-state index contributed by atoms with van der Waals surface area (Å²) in [5.41, 5.74) is 1.10. The molecule has 0 fully saturated rings. The second-order valence-corrected chi connectivity index (χ2v) is 8.32. The smallest absolute Gasteiger partial charge is 0.336 e. The first-order chi connectivity index (χ1) is 15.0. The van der Waals surface area contributed by atoms with Gasteiger partial charge in [-0.2, -0.15) is 0 Å². The molecule has 0 saturated heterocycles. The molecule has 32 heavy (non-hydrogen) atoms. The molecule has 1 unspecified atom stereocenters. The first-order valence-electron chi connectivity index (χ1n) is 10.2. The molecule has 7 nitrogen and oxygen atoms in total. The molecule has 1 aliphatic rings. The van der Waals surface area contributed by atoms with Gasteiger partial charge in [0.25, 0.3) is 0 Å². The number of hydrogen-bond donors (Lipinski definition) is 1. The van der Waals surface area contributed by atoms with Gasteiger partial charge in [-0.1, -0.05) is 0 Å². The number of methoxy groups -OCH3 is 1. The summed E-state index contributed by atoms with van der Waals surface area (Å²) in [4.78, 5) is 31.0. The van der Waals surface area contributed by atoms with Gasteiger partial charge in [0.1, 0.15) is 11.6 Å². The number of carboxylic acid groups (broad SMARTS) is 1. The van der Waals surface area contributed by atoms with Crippen molar-refractivity contribution in [2.24, 2.45) is 0 Å². The average Bonchev–Trinajstić information content (AvgIpc) is 2.69. The Balaban J connectivity index is 2.85. The zero-order valence-corrected chi connectivity index (χ0v) is 19.4. The van der Waals surface area contributed by atoms with E-state index in [1.54, 1.807) is 11.9 Å². The minimum absolute atomic E-state index is 0.0538. The predicted octanol–water partition coefficient (Wildman–Crippen LogP) is 2.66. The van der Waals surface area contributed by atoms with Gasteiger partial charge in [0.2, 0.25) is 0 Å². The monoisotopic (exact) mass is 451 g/mol. The lowest BCUT2D eigenvalue weighted by atomic mass is 9.78. The maximum atomic E-state index is 14.1. The number of esters is 1. The van der Waals surface area contributed by atoms with E-state index in [2.05, 4.69) is 0 Å². The Bertz CT molecular complexity index is 921. The number of rotatable bonds is 9. The number of ether oxygens (including phenoxy) is 1. The lowest BCUT2D eigenvalue weighted by Crippen LogP contribution is -2.36. The summed E-state index contributed by atoms with van der Waals surface area (Å²) < 4.78 is 33.3. The van der Waals surface area contributed by atoms with E-state index < -0.39 is 29.5 Å². The molecule has 0 radical (unpaired) electrons. The van der Waals surface area contributed by atoms with E-state index in [1.165, 1.54) is 7.11 Å². The van der Waals surface area contributed by atoms with Crippen molar-refractivity contribution >= 4 is 11.9 Å². The first-order valence-corrected chi connectivity index (χ1v) is 10.2. The van der Waals surface area contributed by atoms with Gasteiger partial charge in [-0.05, 0) is 45.9 Å². The summed E-state index contributed by atoms with van der Waals surface area (Å²) in [6.45, 7) is 1.13. The van der Waals surface area contributed by atoms with E-state index in [0.29, 0.717) is 43.4 Å². The molecule has 1 N–H and O–H groups in total. The Morgan fingerprint density at radius 1 is 0.969 bits per heavy atom. The molecule has 1 atom stereocenters. The number of benzene rings is 1. The summed E-state index contributed by atoms with van der Waals surface area (Å²) in [7, 11) is 10.4.